The van der Waals surface area contributed by atoms with E-state index in [0.29, 0.717) is 6.42 Å². The van der Waals surface area contributed by atoms with Crippen LogP contribution in [0.3, 0.4) is 0 Å². The SMILES string of the molecule is CCCCCCCCCCCCCCCC(=O)OC[C@H](O)[C@H]1OC(=O)C(O)=C1O.CCCCCCCCCCCCOS(=O)(=O)[O-].[Na+]. The number of aliphatic hydroxyl groups is 3. The van der Waals surface area contributed by atoms with Crippen LogP contribution in [0.15, 0.2) is 11.5 Å². The molecule has 0 aliphatic carbocycles. The van der Waals surface area contributed by atoms with Gasteiger partial charge in [0, 0.05) is 6.42 Å². The molecule has 1 rings (SSSR count). The Morgan fingerprint density at radius 2 is 1.13 bits per heavy atom. The van der Waals surface area contributed by atoms with Gasteiger partial charge in [0.1, 0.15) is 12.7 Å². The minimum Gasteiger partial charge on any atom is -0.726 e. The first-order chi connectivity index (χ1) is 22.0. The molecule has 0 bridgehead atoms. The first-order valence-electron chi connectivity index (χ1n) is 17.8. The van der Waals surface area contributed by atoms with E-state index in [2.05, 4.69) is 22.8 Å². The van der Waals surface area contributed by atoms with E-state index in [1.165, 1.54) is 109 Å². The number of carbonyl (C=O) groups is 2. The molecule has 0 amide bonds. The Hall–Kier alpha value is -0.890. The Labute approximate surface area is 306 Å². The van der Waals surface area contributed by atoms with Crippen molar-refractivity contribution in [2.75, 3.05) is 13.2 Å². The van der Waals surface area contributed by atoms with E-state index in [1.54, 1.807) is 0 Å². The summed E-state index contributed by atoms with van der Waals surface area (Å²) >= 11 is 0. The van der Waals surface area contributed by atoms with Gasteiger partial charge >= 0.3 is 41.5 Å². The van der Waals surface area contributed by atoms with Gasteiger partial charge < -0.3 is 29.3 Å². The van der Waals surface area contributed by atoms with E-state index in [9.17, 15) is 37.9 Å². The van der Waals surface area contributed by atoms with Crippen molar-refractivity contribution >= 4 is 22.3 Å². The molecule has 0 spiro atoms. The molecule has 0 aromatic heterocycles. The number of hydrogen-bond donors (Lipinski definition) is 3. The molecule has 0 unspecified atom stereocenters. The Balaban J connectivity index is 0. The van der Waals surface area contributed by atoms with Crippen LogP contribution in [0.2, 0.25) is 0 Å². The summed E-state index contributed by atoms with van der Waals surface area (Å²) in [5.41, 5.74) is 0. The molecule has 0 aromatic carbocycles. The molecule has 11 nitrogen and oxygen atoms in total. The second kappa shape index (κ2) is 32.3. The quantitative estimate of drug-likeness (QED) is 0.0314. The van der Waals surface area contributed by atoms with Crippen LogP contribution in [0.4, 0.5) is 0 Å². The van der Waals surface area contributed by atoms with E-state index in [-0.39, 0.29) is 42.6 Å². The van der Waals surface area contributed by atoms with E-state index < -0.39 is 52.7 Å². The molecular formula is C34H63NaO11S. The van der Waals surface area contributed by atoms with Crippen molar-refractivity contribution in [2.45, 2.75) is 180 Å². The molecule has 1 aliphatic rings. The third-order valence-corrected chi connectivity index (χ3v) is 8.37. The molecule has 1 heterocycles. The Bertz CT molecular complexity index is 912. The van der Waals surface area contributed by atoms with Gasteiger partial charge in [-0.15, -0.1) is 0 Å². The summed E-state index contributed by atoms with van der Waals surface area (Å²) in [5, 5.41) is 28.5. The van der Waals surface area contributed by atoms with E-state index >= 15 is 0 Å². The first kappa shape index (κ1) is 48.2. The predicted octanol–water partition coefficient (Wildman–Crippen LogP) is 5.01. The van der Waals surface area contributed by atoms with Crippen molar-refractivity contribution < 1.29 is 81.1 Å². The summed E-state index contributed by atoms with van der Waals surface area (Å²) in [6, 6.07) is 0. The number of cyclic esters (lactones) is 1. The van der Waals surface area contributed by atoms with Crippen LogP contribution in [-0.2, 0) is 33.6 Å². The third-order valence-electron chi connectivity index (χ3n) is 7.91. The number of unbranched alkanes of at least 4 members (excludes halogenated alkanes) is 21. The topological polar surface area (TPSA) is 180 Å². The number of hydrogen-bond acceptors (Lipinski definition) is 11. The second-order valence-electron chi connectivity index (χ2n) is 12.2. The van der Waals surface area contributed by atoms with Crippen molar-refractivity contribution in [2.24, 2.45) is 0 Å². The molecule has 0 saturated heterocycles. The van der Waals surface area contributed by atoms with Gasteiger partial charge in [0.2, 0.25) is 16.2 Å². The van der Waals surface area contributed by atoms with Crippen LogP contribution >= 0.6 is 0 Å². The maximum atomic E-state index is 11.7. The van der Waals surface area contributed by atoms with Crippen molar-refractivity contribution in [1.29, 1.82) is 0 Å². The van der Waals surface area contributed by atoms with Crippen LogP contribution in [0, 0.1) is 0 Å². The Kier molecular flexibility index (Phi) is 33.2. The van der Waals surface area contributed by atoms with Crippen LogP contribution in [0.25, 0.3) is 0 Å². The minimum atomic E-state index is -4.48. The van der Waals surface area contributed by atoms with Gasteiger partial charge in [-0.2, -0.15) is 0 Å². The maximum absolute atomic E-state index is 11.7. The summed E-state index contributed by atoms with van der Waals surface area (Å²) in [6.45, 7) is 4.07. The van der Waals surface area contributed by atoms with Gasteiger partial charge in [0.05, 0.1) is 6.61 Å². The number of aliphatic hydroxyl groups excluding tert-OH is 3. The third kappa shape index (κ3) is 29.7. The molecule has 3 N–H and O–H groups in total. The Morgan fingerprint density at radius 3 is 1.49 bits per heavy atom. The van der Waals surface area contributed by atoms with Crippen LogP contribution in [0.5, 0.6) is 0 Å². The average Bonchev–Trinajstić information content (AvgIpc) is 3.28. The van der Waals surface area contributed by atoms with Crippen LogP contribution in [0.1, 0.15) is 168 Å². The van der Waals surface area contributed by atoms with Crippen molar-refractivity contribution in [1.82, 2.24) is 0 Å². The van der Waals surface area contributed by atoms with Gasteiger partial charge in [-0.1, -0.05) is 149 Å². The summed E-state index contributed by atoms with van der Waals surface area (Å²) < 4.78 is 44.0. The molecule has 2 atom stereocenters. The van der Waals surface area contributed by atoms with Crippen molar-refractivity contribution in [3.05, 3.63) is 11.5 Å². The van der Waals surface area contributed by atoms with Crippen molar-refractivity contribution in [3.8, 4) is 0 Å². The number of rotatable bonds is 29. The zero-order chi connectivity index (χ0) is 34.5. The minimum absolute atomic E-state index is 0. The maximum Gasteiger partial charge on any atom is 1.00 e. The van der Waals surface area contributed by atoms with E-state index in [0.717, 1.165) is 32.1 Å². The first-order valence-corrected chi connectivity index (χ1v) is 19.1. The standard InChI is InChI=1S/C22H38O7.C12H26O4S.Na/c1-2-3-4-5-6-7-8-9-10-11-12-13-14-15-18(24)28-16-17(23)21-19(25)20(26)22(27)29-21;1-2-3-4-5-6-7-8-9-10-11-12-16-17(13,14)15;/h17,21,23,25-26H,2-16H2,1H3;2-12H2,1H3,(H,13,14,15);/q;;+1/p-1/t17-,21+;;/m0../s1. The fourth-order valence-electron chi connectivity index (χ4n) is 5.10. The molecule has 0 radical (unpaired) electrons. The number of esters is 2. The molecular weight excluding hydrogens is 639 g/mol. The smallest absolute Gasteiger partial charge is 0.726 e. The molecule has 0 aromatic rings. The van der Waals surface area contributed by atoms with Gasteiger partial charge in [0.25, 0.3) is 0 Å². The summed E-state index contributed by atoms with van der Waals surface area (Å²) in [7, 11) is -4.48. The zero-order valence-corrected chi connectivity index (χ0v) is 32.4. The van der Waals surface area contributed by atoms with E-state index in [4.69, 9.17) is 4.74 Å². The van der Waals surface area contributed by atoms with Crippen LogP contribution < -0.4 is 29.6 Å². The monoisotopic (exact) mass is 702 g/mol. The summed E-state index contributed by atoms with van der Waals surface area (Å²) in [6.07, 6.45) is 25.1. The molecule has 1 aliphatic heterocycles. The van der Waals surface area contributed by atoms with Gasteiger partial charge in [0.15, 0.2) is 11.9 Å². The van der Waals surface area contributed by atoms with Gasteiger partial charge in [-0.3, -0.25) is 8.98 Å². The second-order valence-corrected chi connectivity index (χ2v) is 13.3. The van der Waals surface area contributed by atoms with E-state index in [1.807, 2.05) is 0 Å². The fraction of sp³-hybridized carbons (Fsp3) is 0.882. The summed E-state index contributed by atoms with van der Waals surface area (Å²) in [5.74, 6) is -3.21. The van der Waals surface area contributed by atoms with Crippen LogP contribution in [-0.4, -0.2) is 65.7 Å². The predicted molar refractivity (Wildman–Crippen MR) is 177 cm³/mol. The zero-order valence-electron chi connectivity index (χ0n) is 29.6. The molecule has 0 fully saturated rings. The number of ether oxygens (including phenoxy) is 2. The van der Waals surface area contributed by atoms with Crippen molar-refractivity contribution in [3.63, 3.8) is 0 Å². The normalized spacial score (nSPS) is 15.1. The summed E-state index contributed by atoms with van der Waals surface area (Å²) in [4.78, 5) is 22.8. The fourth-order valence-corrected chi connectivity index (χ4v) is 5.42. The molecule has 272 valence electrons. The molecule has 47 heavy (non-hydrogen) atoms. The van der Waals surface area contributed by atoms with Gasteiger partial charge in [-0.25, -0.2) is 13.2 Å². The Morgan fingerprint density at radius 1 is 0.745 bits per heavy atom. The number of carbonyl (C=O) groups excluding carboxylic acids is 2. The average molecular weight is 703 g/mol. The molecule has 13 heteroatoms. The largest absolute Gasteiger partial charge is 1.00 e. The molecule has 0 saturated carbocycles. The van der Waals surface area contributed by atoms with Gasteiger partial charge in [-0.05, 0) is 12.8 Å².